The van der Waals surface area contributed by atoms with Crippen LogP contribution in [0.3, 0.4) is 0 Å². The lowest BCUT2D eigenvalue weighted by Gasteiger charge is -2.09. The van der Waals surface area contributed by atoms with Crippen LogP contribution in [-0.4, -0.2) is 8.42 Å². The molecule has 7 heteroatoms. The molecule has 2 rings (SSSR count). The van der Waals surface area contributed by atoms with E-state index in [1.807, 2.05) is 0 Å². The molecular formula is C13H12ClFN2O2S. The van der Waals surface area contributed by atoms with Gasteiger partial charge in [-0.05, 0) is 35.9 Å². The molecule has 3 N–H and O–H groups in total. The van der Waals surface area contributed by atoms with Crippen molar-refractivity contribution >= 4 is 33.0 Å². The van der Waals surface area contributed by atoms with E-state index in [2.05, 4.69) is 4.72 Å². The van der Waals surface area contributed by atoms with Gasteiger partial charge in [0.25, 0.3) is 0 Å². The molecule has 0 amide bonds. The van der Waals surface area contributed by atoms with E-state index in [4.69, 9.17) is 17.3 Å². The third-order valence-corrected chi connectivity index (χ3v) is 4.08. The number of benzene rings is 2. The van der Waals surface area contributed by atoms with Crippen LogP contribution < -0.4 is 10.5 Å². The number of anilines is 2. The maximum atomic E-state index is 13.0. The highest BCUT2D eigenvalue weighted by atomic mass is 35.5. The number of nitrogens with two attached hydrogens (primary N) is 1. The lowest BCUT2D eigenvalue weighted by atomic mass is 10.2. The fourth-order valence-electron chi connectivity index (χ4n) is 1.61. The van der Waals surface area contributed by atoms with Crippen LogP contribution in [0.5, 0.6) is 0 Å². The highest BCUT2D eigenvalue weighted by molar-refractivity contribution is 7.91. The average Bonchev–Trinajstić information content (AvgIpc) is 2.36. The number of hydrogen-bond donors (Lipinski definition) is 2. The van der Waals surface area contributed by atoms with E-state index < -0.39 is 15.8 Å². The summed E-state index contributed by atoms with van der Waals surface area (Å²) in [5, 5.41) is -0.141. The van der Waals surface area contributed by atoms with Crippen molar-refractivity contribution in [3.05, 3.63) is 58.9 Å². The van der Waals surface area contributed by atoms with Gasteiger partial charge in [0.05, 0.1) is 16.5 Å². The Morgan fingerprint density at radius 1 is 1.15 bits per heavy atom. The summed E-state index contributed by atoms with van der Waals surface area (Å²) in [7, 11) is -3.60. The minimum Gasteiger partial charge on any atom is -0.399 e. The van der Waals surface area contributed by atoms with Gasteiger partial charge in [0.2, 0.25) is 10.0 Å². The Hall–Kier alpha value is -1.79. The third-order valence-electron chi connectivity index (χ3n) is 2.53. The second-order valence-corrected chi connectivity index (χ2v) is 6.36. The lowest BCUT2D eigenvalue weighted by Crippen LogP contribution is -2.15. The number of nitrogens with one attached hydrogen (secondary N) is 1. The van der Waals surface area contributed by atoms with E-state index in [-0.39, 0.29) is 16.5 Å². The SMILES string of the molecule is Nc1ccc(CS(=O)(=O)Nc2ccc(F)c(Cl)c2)cc1. The molecule has 2 aromatic rings. The fourth-order valence-corrected chi connectivity index (χ4v) is 2.98. The van der Waals surface area contributed by atoms with Crippen LogP contribution in [0.15, 0.2) is 42.5 Å². The predicted octanol–water partition coefficient (Wildman–Crippen LogP) is 3.00. The number of hydrogen-bond acceptors (Lipinski definition) is 3. The van der Waals surface area contributed by atoms with Crippen LogP contribution in [0.1, 0.15) is 5.56 Å². The predicted molar refractivity (Wildman–Crippen MR) is 78.5 cm³/mol. The normalized spacial score (nSPS) is 11.3. The van der Waals surface area contributed by atoms with Gasteiger partial charge in [-0.25, -0.2) is 12.8 Å². The van der Waals surface area contributed by atoms with E-state index >= 15 is 0 Å². The Morgan fingerprint density at radius 3 is 2.40 bits per heavy atom. The molecular weight excluding hydrogens is 303 g/mol. The third kappa shape index (κ3) is 3.85. The van der Waals surface area contributed by atoms with E-state index in [1.54, 1.807) is 24.3 Å². The highest BCUT2D eigenvalue weighted by Crippen LogP contribution is 2.21. The minimum absolute atomic E-state index is 0.141. The molecule has 0 bridgehead atoms. The zero-order chi connectivity index (χ0) is 14.8. The quantitative estimate of drug-likeness (QED) is 0.852. The second kappa shape index (κ2) is 5.68. The zero-order valence-electron chi connectivity index (χ0n) is 10.3. The average molecular weight is 315 g/mol. The van der Waals surface area contributed by atoms with E-state index in [0.717, 1.165) is 6.07 Å². The van der Waals surface area contributed by atoms with Gasteiger partial charge >= 0.3 is 0 Å². The number of halogens is 2. The van der Waals surface area contributed by atoms with Gasteiger partial charge in [0.1, 0.15) is 5.82 Å². The number of sulfonamides is 1. The van der Waals surface area contributed by atoms with Crippen molar-refractivity contribution in [2.45, 2.75) is 5.75 Å². The summed E-state index contributed by atoms with van der Waals surface area (Å²) in [4.78, 5) is 0. The number of nitrogen functional groups attached to an aromatic ring is 1. The van der Waals surface area contributed by atoms with Crippen LogP contribution in [0.2, 0.25) is 5.02 Å². The summed E-state index contributed by atoms with van der Waals surface area (Å²) in [6.07, 6.45) is 0. The van der Waals surface area contributed by atoms with Crippen molar-refractivity contribution in [2.24, 2.45) is 0 Å². The van der Waals surface area contributed by atoms with Gasteiger partial charge in [0.15, 0.2) is 0 Å². The molecule has 2 aromatic carbocycles. The monoisotopic (exact) mass is 314 g/mol. The maximum Gasteiger partial charge on any atom is 0.236 e. The van der Waals surface area contributed by atoms with Gasteiger partial charge < -0.3 is 5.73 Å². The van der Waals surface area contributed by atoms with Crippen LogP contribution >= 0.6 is 11.6 Å². The molecule has 0 atom stereocenters. The summed E-state index contributed by atoms with van der Waals surface area (Å²) in [6, 6.07) is 10.1. The first-order valence-electron chi connectivity index (χ1n) is 5.66. The van der Waals surface area contributed by atoms with Gasteiger partial charge in [-0.1, -0.05) is 23.7 Å². The van der Waals surface area contributed by atoms with Crippen molar-refractivity contribution in [1.82, 2.24) is 0 Å². The van der Waals surface area contributed by atoms with Gasteiger partial charge in [-0.15, -0.1) is 0 Å². The molecule has 0 radical (unpaired) electrons. The molecule has 106 valence electrons. The van der Waals surface area contributed by atoms with Crippen LogP contribution in [0.25, 0.3) is 0 Å². The van der Waals surface area contributed by atoms with Crippen LogP contribution in [0, 0.1) is 5.82 Å². The lowest BCUT2D eigenvalue weighted by molar-refractivity contribution is 0.600. The topological polar surface area (TPSA) is 72.2 Å². The molecule has 0 aliphatic heterocycles. The largest absolute Gasteiger partial charge is 0.399 e. The van der Waals surface area contributed by atoms with E-state index in [1.165, 1.54) is 12.1 Å². The van der Waals surface area contributed by atoms with Crippen molar-refractivity contribution in [3.8, 4) is 0 Å². The Kier molecular flexibility index (Phi) is 4.15. The van der Waals surface area contributed by atoms with Crippen LogP contribution in [-0.2, 0) is 15.8 Å². The summed E-state index contributed by atoms with van der Waals surface area (Å²) >= 11 is 5.60. The standard InChI is InChI=1S/C13H12ClFN2O2S/c14-12-7-11(5-6-13(12)15)17-20(18,19)8-9-1-3-10(16)4-2-9/h1-7,17H,8,16H2. The Balaban J connectivity index is 2.14. The molecule has 20 heavy (non-hydrogen) atoms. The Labute approximate surface area is 121 Å². The van der Waals surface area contributed by atoms with Gasteiger partial charge in [-0.3, -0.25) is 4.72 Å². The Morgan fingerprint density at radius 2 is 1.80 bits per heavy atom. The molecule has 0 fully saturated rings. The molecule has 0 saturated heterocycles. The molecule has 0 aromatic heterocycles. The Bertz CT molecular complexity index is 718. The first-order chi connectivity index (χ1) is 9.35. The smallest absolute Gasteiger partial charge is 0.236 e. The molecule has 0 aliphatic rings. The van der Waals surface area contributed by atoms with Crippen molar-refractivity contribution in [2.75, 3.05) is 10.5 Å². The molecule has 0 heterocycles. The summed E-state index contributed by atoms with van der Waals surface area (Å²) in [5.74, 6) is -0.810. The summed E-state index contributed by atoms with van der Waals surface area (Å²) in [5.41, 5.74) is 6.90. The van der Waals surface area contributed by atoms with E-state index in [9.17, 15) is 12.8 Å². The van der Waals surface area contributed by atoms with E-state index in [0.29, 0.717) is 11.3 Å². The summed E-state index contributed by atoms with van der Waals surface area (Å²) in [6.45, 7) is 0. The molecule has 0 spiro atoms. The number of rotatable bonds is 4. The summed E-state index contributed by atoms with van der Waals surface area (Å²) < 4.78 is 39.3. The molecule has 0 aliphatic carbocycles. The molecule has 0 unspecified atom stereocenters. The first-order valence-corrected chi connectivity index (χ1v) is 7.69. The highest BCUT2D eigenvalue weighted by Gasteiger charge is 2.12. The molecule has 0 saturated carbocycles. The zero-order valence-corrected chi connectivity index (χ0v) is 11.9. The maximum absolute atomic E-state index is 13.0. The minimum atomic E-state index is -3.60. The van der Waals surface area contributed by atoms with Gasteiger partial charge in [0, 0.05) is 5.69 Å². The fraction of sp³-hybridized carbons (Fsp3) is 0.0769. The second-order valence-electron chi connectivity index (χ2n) is 4.23. The first kappa shape index (κ1) is 14.6. The van der Waals surface area contributed by atoms with Crippen molar-refractivity contribution in [1.29, 1.82) is 0 Å². The van der Waals surface area contributed by atoms with Crippen LogP contribution in [0.4, 0.5) is 15.8 Å². The van der Waals surface area contributed by atoms with Crippen molar-refractivity contribution in [3.63, 3.8) is 0 Å². The van der Waals surface area contributed by atoms with Gasteiger partial charge in [-0.2, -0.15) is 0 Å². The molecule has 4 nitrogen and oxygen atoms in total. The van der Waals surface area contributed by atoms with Crippen molar-refractivity contribution < 1.29 is 12.8 Å².